The molecule has 1 N–H and O–H groups in total. The van der Waals surface area contributed by atoms with E-state index >= 15 is 0 Å². The Morgan fingerprint density at radius 2 is 2.05 bits per heavy atom. The fourth-order valence-corrected chi connectivity index (χ4v) is 1.57. The van der Waals surface area contributed by atoms with E-state index in [9.17, 15) is 26.7 Å². The molecule has 1 aromatic rings. The van der Waals surface area contributed by atoms with Crippen LogP contribution in [0.5, 0.6) is 0 Å². The summed E-state index contributed by atoms with van der Waals surface area (Å²) in [4.78, 5) is 14.9. The van der Waals surface area contributed by atoms with Gasteiger partial charge in [-0.2, -0.15) is 22.0 Å². The molecule has 0 radical (unpaired) electrons. The van der Waals surface area contributed by atoms with E-state index in [-0.39, 0.29) is 30.1 Å². The molecule has 0 aliphatic carbocycles. The Kier molecular flexibility index (Phi) is 6.07. The van der Waals surface area contributed by atoms with Crippen molar-refractivity contribution in [3.63, 3.8) is 0 Å². The lowest BCUT2D eigenvalue weighted by atomic mass is 10.2. The van der Waals surface area contributed by atoms with Crippen LogP contribution in [0.15, 0.2) is 24.4 Å². The normalized spacial score (nSPS) is 11.1. The average Bonchev–Trinajstić information content (AvgIpc) is 2.35. The summed E-state index contributed by atoms with van der Waals surface area (Å²) in [5.41, 5.74) is -1.03. The van der Waals surface area contributed by atoms with Crippen LogP contribution < -0.4 is 5.32 Å². The Hall–Kier alpha value is -1.70. The number of amides is 1. The summed E-state index contributed by atoms with van der Waals surface area (Å²) in [5.74, 6) is -0.779. The molecular weight excluding hydrogens is 319 g/mol. The first-order chi connectivity index (χ1) is 9.70. The van der Waals surface area contributed by atoms with Crippen molar-refractivity contribution in [2.24, 2.45) is 0 Å². The molecule has 3 nitrogen and oxygen atoms in total. The first-order valence-corrected chi connectivity index (χ1v) is 6.11. The van der Waals surface area contributed by atoms with E-state index in [0.29, 0.717) is 18.3 Å². The Balaban J connectivity index is 2.59. The maximum absolute atomic E-state index is 12.4. The van der Waals surface area contributed by atoms with Gasteiger partial charge in [-0.1, -0.05) is 11.6 Å². The fourth-order valence-electron chi connectivity index (χ4n) is 1.35. The number of anilines is 1. The molecule has 0 saturated heterocycles. The van der Waals surface area contributed by atoms with E-state index in [2.05, 4.69) is 10.3 Å². The number of allylic oxidation sites excluding steroid dienone is 1. The van der Waals surface area contributed by atoms with Gasteiger partial charge in [0.25, 0.3) is 6.08 Å². The average molecular weight is 329 g/mol. The molecule has 1 amide bonds. The van der Waals surface area contributed by atoms with Crippen molar-refractivity contribution < 1.29 is 26.7 Å². The Morgan fingerprint density at radius 1 is 1.38 bits per heavy atom. The standard InChI is InChI=1S/C12H10ClF5N2O/c13-8-5-7(12(16,17)18)6-19-11(8)20-10(21)4-2-1-3-9(14)15/h3,5-6H,1-2,4H2,(H,19,20,21). The summed E-state index contributed by atoms with van der Waals surface area (Å²) in [6, 6.07) is 0.644. The Bertz CT molecular complexity index is 541. The first-order valence-electron chi connectivity index (χ1n) is 5.74. The topological polar surface area (TPSA) is 42.0 Å². The van der Waals surface area contributed by atoms with Gasteiger partial charge >= 0.3 is 6.18 Å². The van der Waals surface area contributed by atoms with E-state index in [1.807, 2.05) is 0 Å². The number of rotatable bonds is 5. The van der Waals surface area contributed by atoms with E-state index in [4.69, 9.17) is 11.6 Å². The number of carbonyl (C=O) groups excluding carboxylic acids is 1. The number of hydrogen-bond donors (Lipinski definition) is 1. The van der Waals surface area contributed by atoms with Gasteiger partial charge in [0.2, 0.25) is 5.91 Å². The molecule has 0 aliphatic heterocycles. The van der Waals surface area contributed by atoms with Crippen molar-refractivity contribution in [2.45, 2.75) is 25.4 Å². The molecule has 116 valence electrons. The Morgan fingerprint density at radius 3 is 2.57 bits per heavy atom. The van der Waals surface area contributed by atoms with Crippen LogP contribution in [0.4, 0.5) is 27.8 Å². The van der Waals surface area contributed by atoms with Gasteiger partial charge in [0.15, 0.2) is 5.82 Å². The smallest absolute Gasteiger partial charge is 0.309 e. The van der Waals surface area contributed by atoms with Crippen LogP contribution in [0.25, 0.3) is 0 Å². The highest BCUT2D eigenvalue weighted by Gasteiger charge is 2.31. The lowest BCUT2D eigenvalue weighted by molar-refractivity contribution is -0.137. The maximum atomic E-state index is 12.4. The van der Waals surface area contributed by atoms with Crippen LogP contribution in [0.1, 0.15) is 24.8 Å². The highest BCUT2D eigenvalue weighted by atomic mass is 35.5. The zero-order chi connectivity index (χ0) is 16.0. The summed E-state index contributed by atoms with van der Waals surface area (Å²) < 4.78 is 60.6. The molecule has 0 fully saturated rings. The van der Waals surface area contributed by atoms with E-state index in [1.165, 1.54) is 0 Å². The molecule has 0 aromatic carbocycles. The second-order valence-corrected chi connectivity index (χ2v) is 4.39. The lowest BCUT2D eigenvalue weighted by Crippen LogP contribution is -2.13. The van der Waals surface area contributed by atoms with Crippen LogP contribution in [0, 0.1) is 0 Å². The van der Waals surface area contributed by atoms with E-state index in [1.54, 1.807) is 0 Å². The predicted octanol–water partition coefficient (Wildman–Crippen LogP) is 4.64. The van der Waals surface area contributed by atoms with Crippen LogP contribution in [0.2, 0.25) is 5.02 Å². The Labute approximate surface area is 121 Å². The molecule has 9 heteroatoms. The summed E-state index contributed by atoms with van der Waals surface area (Å²) >= 11 is 5.60. The molecule has 0 unspecified atom stereocenters. The number of nitrogens with one attached hydrogen (secondary N) is 1. The van der Waals surface area contributed by atoms with Crippen molar-refractivity contribution in [3.8, 4) is 0 Å². The highest BCUT2D eigenvalue weighted by molar-refractivity contribution is 6.33. The van der Waals surface area contributed by atoms with Crippen molar-refractivity contribution >= 4 is 23.3 Å². The molecule has 1 heterocycles. The van der Waals surface area contributed by atoms with Crippen LogP contribution in [0.3, 0.4) is 0 Å². The van der Waals surface area contributed by atoms with Gasteiger partial charge in [0.05, 0.1) is 10.6 Å². The molecule has 0 bridgehead atoms. The number of carbonyl (C=O) groups is 1. The second-order valence-electron chi connectivity index (χ2n) is 3.99. The third-order valence-electron chi connectivity index (χ3n) is 2.33. The van der Waals surface area contributed by atoms with Crippen LogP contribution >= 0.6 is 11.6 Å². The number of pyridine rings is 1. The van der Waals surface area contributed by atoms with Gasteiger partial charge in [-0.05, 0) is 25.0 Å². The zero-order valence-electron chi connectivity index (χ0n) is 10.5. The second kappa shape index (κ2) is 7.35. The van der Waals surface area contributed by atoms with Crippen molar-refractivity contribution in [3.05, 3.63) is 35.0 Å². The van der Waals surface area contributed by atoms with Gasteiger partial charge in [0.1, 0.15) is 0 Å². The van der Waals surface area contributed by atoms with Gasteiger partial charge < -0.3 is 5.32 Å². The first kappa shape index (κ1) is 17.4. The lowest BCUT2D eigenvalue weighted by Gasteiger charge is -2.09. The third kappa shape index (κ3) is 6.07. The minimum Gasteiger partial charge on any atom is -0.309 e. The molecule has 1 aromatic heterocycles. The minimum atomic E-state index is -4.58. The zero-order valence-corrected chi connectivity index (χ0v) is 11.2. The number of alkyl halides is 3. The fraction of sp³-hybridized carbons (Fsp3) is 0.333. The van der Waals surface area contributed by atoms with Crippen molar-refractivity contribution in [2.75, 3.05) is 5.32 Å². The number of hydrogen-bond acceptors (Lipinski definition) is 2. The number of aromatic nitrogens is 1. The summed E-state index contributed by atoms with van der Waals surface area (Å²) in [6.45, 7) is 0. The van der Waals surface area contributed by atoms with Crippen LogP contribution in [-0.2, 0) is 11.0 Å². The quantitative estimate of drug-likeness (QED) is 0.632. The molecule has 1 rings (SSSR count). The highest BCUT2D eigenvalue weighted by Crippen LogP contribution is 2.32. The van der Waals surface area contributed by atoms with Gasteiger partial charge in [-0.25, -0.2) is 4.98 Å². The monoisotopic (exact) mass is 328 g/mol. The maximum Gasteiger partial charge on any atom is 0.417 e. The van der Waals surface area contributed by atoms with E-state index in [0.717, 1.165) is 0 Å². The van der Waals surface area contributed by atoms with Crippen molar-refractivity contribution in [1.82, 2.24) is 4.98 Å². The molecular formula is C12H10ClF5N2O. The van der Waals surface area contributed by atoms with Gasteiger partial charge in [-0.15, -0.1) is 0 Å². The van der Waals surface area contributed by atoms with Gasteiger partial charge in [0, 0.05) is 12.6 Å². The van der Waals surface area contributed by atoms with Gasteiger partial charge in [-0.3, -0.25) is 4.79 Å². The molecule has 0 aliphatic rings. The molecule has 0 saturated carbocycles. The van der Waals surface area contributed by atoms with Crippen molar-refractivity contribution in [1.29, 1.82) is 0 Å². The largest absolute Gasteiger partial charge is 0.417 e. The summed E-state index contributed by atoms with van der Waals surface area (Å²) in [7, 11) is 0. The SMILES string of the molecule is O=C(CCCC=C(F)F)Nc1ncc(C(F)(F)F)cc1Cl. The summed E-state index contributed by atoms with van der Waals surface area (Å²) in [6.07, 6.45) is -5.09. The number of unbranched alkanes of at least 4 members (excludes halogenated alkanes) is 1. The third-order valence-corrected chi connectivity index (χ3v) is 2.62. The molecule has 0 atom stereocenters. The minimum absolute atomic E-state index is 0.0178. The summed E-state index contributed by atoms with van der Waals surface area (Å²) in [5, 5.41) is 1.87. The number of nitrogens with zero attached hydrogens (tertiary/aromatic N) is 1. The number of halogens is 6. The molecule has 21 heavy (non-hydrogen) atoms. The predicted molar refractivity (Wildman–Crippen MR) is 67.0 cm³/mol. The molecule has 0 spiro atoms. The van der Waals surface area contributed by atoms with Crippen LogP contribution in [-0.4, -0.2) is 10.9 Å². The van der Waals surface area contributed by atoms with E-state index < -0.39 is 23.7 Å².